The molecule has 100 valence electrons. The van der Waals surface area contributed by atoms with Gasteiger partial charge in [-0.05, 0) is 24.8 Å². The number of benzene rings is 1. The maximum Gasteiger partial charge on any atom is 0.269 e. The second kappa shape index (κ2) is 6.50. The number of nitrogens with zero attached hydrogens (tertiary/aromatic N) is 1. The maximum absolute atomic E-state index is 10.6. The van der Waals surface area contributed by atoms with E-state index in [-0.39, 0.29) is 16.7 Å². The standard InChI is InChI=1S/C14H22N2O2/c1-5-14(10(2)3)15-11(4)12-6-8-13(9-7-12)16(17)18/h6-11,14-15H,5H2,1-4H3. The summed E-state index contributed by atoms with van der Waals surface area (Å²) in [6, 6.07) is 7.44. The molecule has 0 spiro atoms. The molecule has 0 saturated carbocycles. The monoisotopic (exact) mass is 250 g/mol. The van der Waals surface area contributed by atoms with E-state index in [0.717, 1.165) is 12.0 Å². The third kappa shape index (κ3) is 3.81. The Hall–Kier alpha value is -1.42. The fraction of sp³-hybridized carbons (Fsp3) is 0.571. The van der Waals surface area contributed by atoms with Crippen molar-refractivity contribution in [3.63, 3.8) is 0 Å². The van der Waals surface area contributed by atoms with Gasteiger partial charge in [0.25, 0.3) is 5.69 Å². The Kier molecular flexibility index (Phi) is 5.28. The smallest absolute Gasteiger partial charge is 0.269 e. The minimum absolute atomic E-state index is 0.141. The second-order valence-electron chi connectivity index (χ2n) is 5.00. The topological polar surface area (TPSA) is 55.2 Å². The normalized spacial score (nSPS) is 14.5. The van der Waals surface area contributed by atoms with Crippen LogP contribution in [0.15, 0.2) is 24.3 Å². The summed E-state index contributed by atoms with van der Waals surface area (Å²) in [4.78, 5) is 10.2. The van der Waals surface area contributed by atoms with Crippen molar-refractivity contribution in [1.82, 2.24) is 5.32 Å². The van der Waals surface area contributed by atoms with E-state index >= 15 is 0 Å². The highest BCUT2D eigenvalue weighted by molar-refractivity contribution is 5.34. The number of hydrogen-bond acceptors (Lipinski definition) is 3. The summed E-state index contributed by atoms with van der Waals surface area (Å²) in [5.41, 5.74) is 1.22. The highest BCUT2D eigenvalue weighted by Crippen LogP contribution is 2.19. The van der Waals surface area contributed by atoms with Gasteiger partial charge in [-0.15, -0.1) is 0 Å². The van der Waals surface area contributed by atoms with Gasteiger partial charge in [0.2, 0.25) is 0 Å². The molecular formula is C14H22N2O2. The average Bonchev–Trinajstić information content (AvgIpc) is 2.35. The molecule has 18 heavy (non-hydrogen) atoms. The Balaban J connectivity index is 2.72. The molecule has 2 unspecified atom stereocenters. The molecule has 0 saturated heterocycles. The molecule has 4 nitrogen and oxygen atoms in total. The average molecular weight is 250 g/mol. The predicted molar refractivity (Wildman–Crippen MR) is 73.6 cm³/mol. The SMILES string of the molecule is CCC(NC(C)c1ccc([N+](=O)[O-])cc1)C(C)C. The zero-order valence-corrected chi connectivity index (χ0v) is 11.5. The van der Waals surface area contributed by atoms with Crippen molar-refractivity contribution in [3.05, 3.63) is 39.9 Å². The molecule has 0 radical (unpaired) electrons. The zero-order chi connectivity index (χ0) is 13.7. The summed E-state index contributed by atoms with van der Waals surface area (Å²) in [7, 11) is 0. The first-order chi connectivity index (χ1) is 8.45. The summed E-state index contributed by atoms with van der Waals surface area (Å²) in [5, 5.41) is 14.1. The first kappa shape index (κ1) is 14.6. The van der Waals surface area contributed by atoms with Gasteiger partial charge >= 0.3 is 0 Å². The number of nitro groups is 1. The summed E-state index contributed by atoms with van der Waals surface area (Å²) < 4.78 is 0. The Bertz CT molecular complexity index is 387. The summed E-state index contributed by atoms with van der Waals surface area (Å²) in [6.07, 6.45) is 1.08. The first-order valence-corrected chi connectivity index (χ1v) is 6.46. The van der Waals surface area contributed by atoms with Crippen molar-refractivity contribution in [2.75, 3.05) is 0 Å². The van der Waals surface area contributed by atoms with E-state index in [4.69, 9.17) is 0 Å². The number of nitro benzene ring substituents is 1. The minimum Gasteiger partial charge on any atom is -0.307 e. The van der Waals surface area contributed by atoms with Crippen LogP contribution in [0.2, 0.25) is 0 Å². The Labute approximate surface area is 109 Å². The van der Waals surface area contributed by atoms with Crippen LogP contribution < -0.4 is 5.32 Å². The van der Waals surface area contributed by atoms with Crippen molar-refractivity contribution in [3.8, 4) is 0 Å². The first-order valence-electron chi connectivity index (χ1n) is 6.46. The van der Waals surface area contributed by atoms with Crippen LogP contribution >= 0.6 is 0 Å². The van der Waals surface area contributed by atoms with Crippen LogP contribution in [0.25, 0.3) is 0 Å². The maximum atomic E-state index is 10.6. The molecule has 1 rings (SSSR count). The molecule has 4 heteroatoms. The molecule has 1 aromatic rings. The molecule has 0 amide bonds. The molecule has 0 aliphatic heterocycles. The van der Waals surface area contributed by atoms with Gasteiger partial charge in [0, 0.05) is 24.2 Å². The third-order valence-electron chi connectivity index (χ3n) is 3.31. The van der Waals surface area contributed by atoms with Crippen LogP contribution in [0.1, 0.15) is 45.7 Å². The highest BCUT2D eigenvalue weighted by Gasteiger charge is 2.15. The van der Waals surface area contributed by atoms with Crippen LogP contribution in [0, 0.1) is 16.0 Å². The fourth-order valence-electron chi connectivity index (χ4n) is 2.08. The molecule has 1 aromatic carbocycles. The molecule has 2 atom stereocenters. The highest BCUT2D eigenvalue weighted by atomic mass is 16.6. The van der Waals surface area contributed by atoms with Crippen LogP contribution in [0.3, 0.4) is 0 Å². The van der Waals surface area contributed by atoms with E-state index in [9.17, 15) is 10.1 Å². The van der Waals surface area contributed by atoms with Crippen molar-refractivity contribution >= 4 is 5.69 Å². The lowest BCUT2D eigenvalue weighted by atomic mass is 9.99. The van der Waals surface area contributed by atoms with Gasteiger partial charge in [0.15, 0.2) is 0 Å². The van der Waals surface area contributed by atoms with Crippen molar-refractivity contribution in [1.29, 1.82) is 0 Å². The number of non-ortho nitro benzene ring substituents is 1. The van der Waals surface area contributed by atoms with E-state index in [2.05, 4.69) is 33.0 Å². The lowest BCUT2D eigenvalue weighted by Gasteiger charge is -2.25. The van der Waals surface area contributed by atoms with E-state index in [1.165, 1.54) is 0 Å². The zero-order valence-electron chi connectivity index (χ0n) is 11.5. The van der Waals surface area contributed by atoms with Gasteiger partial charge in [-0.3, -0.25) is 10.1 Å². The molecule has 0 heterocycles. The summed E-state index contributed by atoms with van der Waals surface area (Å²) in [6.45, 7) is 8.65. The van der Waals surface area contributed by atoms with Crippen molar-refractivity contribution < 1.29 is 4.92 Å². The number of rotatable bonds is 6. The van der Waals surface area contributed by atoms with Gasteiger partial charge in [0.1, 0.15) is 0 Å². The number of nitrogens with one attached hydrogen (secondary N) is 1. The Morgan fingerprint density at radius 2 is 1.78 bits per heavy atom. The van der Waals surface area contributed by atoms with Crippen LogP contribution in [-0.2, 0) is 0 Å². The molecule has 0 bridgehead atoms. The van der Waals surface area contributed by atoms with E-state index in [0.29, 0.717) is 12.0 Å². The van der Waals surface area contributed by atoms with E-state index in [1.807, 2.05) is 12.1 Å². The Morgan fingerprint density at radius 3 is 2.17 bits per heavy atom. The summed E-state index contributed by atoms with van der Waals surface area (Å²) >= 11 is 0. The van der Waals surface area contributed by atoms with Gasteiger partial charge in [-0.2, -0.15) is 0 Å². The van der Waals surface area contributed by atoms with Gasteiger partial charge < -0.3 is 5.32 Å². The minimum atomic E-state index is -0.370. The predicted octanol–water partition coefficient (Wildman–Crippen LogP) is 3.68. The molecule has 0 aromatic heterocycles. The van der Waals surface area contributed by atoms with E-state index in [1.54, 1.807) is 12.1 Å². The quantitative estimate of drug-likeness (QED) is 0.619. The molecular weight excluding hydrogens is 228 g/mol. The largest absolute Gasteiger partial charge is 0.307 e. The van der Waals surface area contributed by atoms with Crippen LogP contribution in [0.5, 0.6) is 0 Å². The van der Waals surface area contributed by atoms with Crippen molar-refractivity contribution in [2.45, 2.75) is 46.2 Å². The van der Waals surface area contributed by atoms with Crippen LogP contribution in [0.4, 0.5) is 5.69 Å². The molecule has 0 fully saturated rings. The Morgan fingerprint density at radius 1 is 1.22 bits per heavy atom. The lowest BCUT2D eigenvalue weighted by molar-refractivity contribution is -0.384. The van der Waals surface area contributed by atoms with Gasteiger partial charge in [-0.1, -0.05) is 32.9 Å². The number of hydrogen-bond donors (Lipinski definition) is 1. The fourth-order valence-corrected chi connectivity index (χ4v) is 2.08. The lowest BCUT2D eigenvalue weighted by Crippen LogP contribution is -2.35. The third-order valence-corrected chi connectivity index (χ3v) is 3.31. The van der Waals surface area contributed by atoms with Gasteiger partial charge in [-0.25, -0.2) is 0 Å². The van der Waals surface area contributed by atoms with Crippen molar-refractivity contribution in [2.24, 2.45) is 5.92 Å². The molecule has 0 aliphatic carbocycles. The second-order valence-corrected chi connectivity index (χ2v) is 5.00. The van der Waals surface area contributed by atoms with Crippen LogP contribution in [-0.4, -0.2) is 11.0 Å². The van der Waals surface area contributed by atoms with Gasteiger partial charge in [0.05, 0.1) is 4.92 Å². The summed E-state index contributed by atoms with van der Waals surface area (Å²) in [5.74, 6) is 0.579. The molecule has 0 aliphatic rings. The van der Waals surface area contributed by atoms with E-state index < -0.39 is 0 Å². The molecule has 1 N–H and O–H groups in total.